The number of carboxylic acids is 1. The van der Waals surface area contributed by atoms with Gasteiger partial charge < -0.3 is 19.7 Å². The smallest absolute Gasteiger partial charge is 0.311 e. The molecular weight excluding hydrogens is 320 g/mol. The van der Waals surface area contributed by atoms with Crippen LogP contribution in [0.15, 0.2) is 30.3 Å². The van der Waals surface area contributed by atoms with Crippen LogP contribution in [-0.2, 0) is 4.79 Å². The summed E-state index contributed by atoms with van der Waals surface area (Å²) in [6.45, 7) is 4.00. The van der Waals surface area contributed by atoms with Crippen LogP contribution in [0.1, 0.15) is 34.6 Å². The van der Waals surface area contributed by atoms with Gasteiger partial charge in [-0.25, -0.2) is 0 Å². The van der Waals surface area contributed by atoms with Crippen LogP contribution in [0.25, 0.3) is 5.69 Å². The monoisotopic (exact) mass is 342 g/mol. The van der Waals surface area contributed by atoms with Gasteiger partial charge in [-0.1, -0.05) is 0 Å². The van der Waals surface area contributed by atoms with Crippen LogP contribution in [-0.4, -0.2) is 35.2 Å². The van der Waals surface area contributed by atoms with Crippen molar-refractivity contribution in [2.45, 2.75) is 26.7 Å². The SMILES string of the molecule is COc1ccc(-n2c(C)cc(C(=O)NCC3(C(=O)O)CC3)c2C)cc1. The molecule has 1 saturated carbocycles. The molecule has 0 unspecified atom stereocenters. The fourth-order valence-electron chi connectivity index (χ4n) is 3.08. The molecule has 3 rings (SSSR count). The number of aromatic nitrogens is 1. The Hall–Kier alpha value is -2.76. The Bertz CT molecular complexity index is 817. The maximum Gasteiger partial charge on any atom is 0.311 e. The summed E-state index contributed by atoms with van der Waals surface area (Å²) in [6.07, 6.45) is 1.24. The maximum absolute atomic E-state index is 12.5. The Morgan fingerprint density at radius 3 is 2.40 bits per heavy atom. The first kappa shape index (κ1) is 17.1. The van der Waals surface area contributed by atoms with Crippen molar-refractivity contribution < 1.29 is 19.4 Å². The second-order valence-corrected chi connectivity index (χ2v) is 6.59. The summed E-state index contributed by atoms with van der Waals surface area (Å²) in [4.78, 5) is 23.8. The van der Waals surface area contributed by atoms with E-state index >= 15 is 0 Å². The Morgan fingerprint density at radius 1 is 1.24 bits per heavy atom. The number of rotatable bonds is 6. The van der Waals surface area contributed by atoms with Gasteiger partial charge in [-0.15, -0.1) is 0 Å². The number of ether oxygens (including phenoxy) is 1. The first-order valence-corrected chi connectivity index (χ1v) is 8.23. The molecule has 1 fully saturated rings. The summed E-state index contributed by atoms with van der Waals surface area (Å²) >= 11 is 0. The van der Waals surface area contributed by atoms with Gasteiger partial charge in [-0.3, -0.25) is 9.59 Å². The summed E-state index contributed by atoms with van der Waals surface area (Å²) in [5.41, 5.74) is 2.50. The average molecular weight is 342 g/mol. The maximum atomic E-state index is 12.5. The van der Waals surface area contributed by atoms with Gasteiger partial charge in [-0.05, 0) is 57.0 Å². The van der Waals surface area contributed by atoms with Gasteiger partial charge in [0.1, 0.15) is 5.75 Å². The van der Waals surface area contributed by atoms with Crippen molar-refractivity contribution in [3.63, 3.8) is 0 Å². The minimum Gasteiger partial charge on any atom is -0.497 e. The predicted molar refractivity (Wildman–Crippen MR) is 93.4 cm³/mol. The van der Waals surface area contributed by atoms with Gasteiger partial charge in [0.15, 0.2) is 0 Å². The third-order valence-electron chi connectivity index (χ3n) is 4.90. The topological polar surface area (TPSA) is 80.6 Å². The number of carbonyl (C=O) groups is 2. The van der Waals surface area contributed by atoms with E-state index in [0.29, 0.717) is 18.4 Å². The number of aryl methyl sites for hydroxylation is 1. The van der Waals surface area contributed by atoms with Crippen LogP contribution in [0.3, 0.4) is 0 Å². The molecule has 2 aromatic rings. The summed E-state index contributed by atoms with van der Waals surface area (Å²) in [5.74, 6) is -0.301. The largest absolute Gasteiger partial charge is 0.497 e. The van der Waals surface area contributed by atoms with Crippen LogP contribution in [0.4, 0.5) is 0 Å². The van der Waals surface area contributed by atoms with E-state index in [0.717, 1.165) is 22.8 Å². The van der Waals surface area contributed by atoms with Gasteiger partial charge in [0, 0.05) is 23.6 Å². The molecule has 1 aromatic heterocycles. The van der Waals surface area contributed by atoms with E-state index in [1.165, 1.54) is 0 Å². The fourth-order valence-corrected chi connectivity index (χ4v) is 3.08. The van der Waals surface area contributed by atoms with E-state index in [9.17, 15) is 14.7 Å². The molecule has 0 spiro atoms. The van der Waals surface area contributed by atoms with Crippen LogP contribution < -0.4 is 10.1 Å². The number of nitrogens with zero attached hydrogens (tertiary/aromatic N) is 1. The molecule has 132 valence electrons. The van der Waals surface area contributed by atoms with Crippen molar-refractivity contribution in [2.75, 3.05) is 13.7 Å². The van der Waals surface area contributed by atoms with Crippen molar-refractivity contribution in [2.24, 2.45) is 5.41 Å². The quantitative estimate of drug-likeness (QED) is 0.846. The number of hydrogen-bond acceptors (Lipinski definition) is 3. The Balaban J connectivity index is 1.81. The van der Waals surface area contributed by atoms with E-state index in [1.807, 2.05) is 48.7 Å². The molecule has 1 aromatic carbocycles. The van der Waals surface area contributed by atoms with Crippen molar-refractivity contribution in [1.29, 1.82) is 0 Å². The van der Waals surface area contributed by atoms with Gasteiger partial charge in [0.2, 0.25) is 0 Å². The number of nitrogens with one attached hydrogen (secondary N) is 1. The fraction of sp³-hybridized carbons (Fsp3) is 0.368. The number of aliphatic carboxylic acids is 1. The number of hydrogen-bond donors (Lipinski definition) is 2. The van der Waals surface area contributed by atoms with Crippen molar-refractivity contribution >= 4 is 11.9 Å². The van der Waals surface area contributed by atoms with E-state index in [4.69, 9.17) is 4.74 Å². The van der Waals surface area contributed by atoms with E-state index in [-0.39, 0.29) is 12.5 Å². The second-order valence-electron chi connectivity index (χ2n) is 6.59. The minimum atomic E-state index is -0.837. The zero-order valence-corrected chi connectivity index (χ0v) is 14.6. The Morgan fingerprint density at radius 2 is 1.88 bits per heavy atom. The predicted octanol–water partition coefficient (Wildman–Crippen LogP) is 2.70. The van der Waals surface area contributed by atoms with Gasteiger partial charge in [0.25, 0.3) is 5.91 Å². The Kier molecular flexibility index (Phi) is 4.29. The molecule has 0 saturated heterocycles. The van der Waals surface area contributed by atoms with Crippen molar-refractivity contribution in [1.82, 2.24) is 9.88 Å². The summed E-state index contributed by atoms with van der Waals surface area (Å²) in [7, 11) is 1.62. The lowest BCUT2D eigenvalue weighted by Crippen LogP contribution is -2.34. The molecule has 0 bridgehead atoms. The van der Waals surface area contributed by atoms with Crippen LogP contribution in [0.5, 0.6) is 5.75 Å². The molecule has 6 heteroatoms. The zero-order chi connectivity index (χ0) is 18.2. The number of carbonyl (C=O) groups excluding carboxylic acids is 1. The van der Waals surface area contributed by atoms with Crippen LogP contribution in [0.2, 0.25) is 0 Å². The van der Waals surface area contributed by atoms with Crippen molar-refractivity contribution in [3.8, 4) is 11.4 Å². The highest BCUT2D eigenvalue weighted by atomic mass is 16.5. The summed E-state index contributed by atoms with van der Waals surface area (Å²) in [6, 6.07) is 9.44. The first-order chi connectivity index (χ1) is 11.9. The molecular formula is C19H22N2O4. The summed E-state index contributed by atoms with van der Waals surface area (Å²) in [5, 5.41) is 12.0. The molecule has 2 N–H and O–H groups in total. The highest BCUT2D eigenvalue weighted by Crippen LogP contribution is 2.45. The van der Waals surface area contributed by atoms with Gasteiger partial charge >= 0.3 is 5.97 Å². The highest BCUT2D eigenvalue weighted by Gasteiger charge is 2.50. The molecule has 0 atom stereocenters. The van der Waals surface area contributed by atoms with Gasteiger partial charge in [-0.2, -0.15) is 0 Å². The molecule has 6 nitrogen and oxygen atoms in total. The van der Waals surface area contributed by atoms with E-state index in [1.54, 1.807) is 7.11 Å². The lowest BCUT2D eigenvalue weighted by molar-refractivity contribution is -0.143. The van der Waals surface area contributed by atoms with Crippen LogP contribution in [0, 0.1) is 19.3 Å². The molecule has 1 amide bonds. The standard InChI is InChI=1S/C19H22N2O4/c1-12-10-16(17(22)20-11-19(8-9-19)18(23)24)13(2)21(12)14-4-6-15(25-3)7-5-14/h4-7,10H,8-9,11H2,1-3H3,(H,20,22)(H,23,24). The van der Waals surface area contributed by atoms with E-state index in [2.05, 4.69) is 5.32 Å². The van der Waals surface area contributed by atoms with Gasteiger partial charge in [0.05, 0.1) is 18.1 Å². The number of benzene rings is 1. The molecule has 1 aliphatic carbocycles. The Labute approximate surface area is 146 Å². The average Bonchev–Trinajstić information content (AvgIpc) is 3.34. The van der Waals surface area contributed by atoms with Crippen molar-refractivity contribution in [3.05, 3.63) is 47.3 Å². The number of methoxy groups -OCH3 is 1. The second kappa shape index (κ2) is 6.27. The normalized spacial score (nSPS) is 14.8. The summed E-state index contributed by atoms with van der Waals surface area (Å²) < 4.78 is 7.18. The minimum absolute atomic E-state index is 0.174. The third kappa shape index (κ3) is 3.12. The molecule has 0 aliphatic heterocycles. The molecule has 0 radical (unpaired) electrons. The number of carboxylic acid groups (broad SMARTS) is 1. The molecule has 1 aliphatic rings. The molecule has 1 heterocycles. The zero-order valence-electron chi connectivity index (χ0n) is 14.6. The molecule has 25 heavy (non-hydrogen) atoms. The lowest BCUT2D eigenvalue weighted by atomic mass is 10.1. The van der Waals surface area contributed by atoms with Crippen LogP contribution >= 0.6 is 0 Å². The first-order valence-electron chi connectivity index (χ1n) is 8.23. The highest BCUT2D eigenvalue weighted by molar-refractivity contribution is 5.96. The van der Waals surface area contributed by atoms with E-state index < -0.39 is 11.4 Å². The lowest BCUT2D eigenvalue weighted by Gasteiger charge is -2.12. The third-order valence-corrected chi connectivity index (χ3v) is 4.90. The number of amides is 1.